The molecule has 3 N–H and O–H groups in total. The minimum atomic E-state index is -4.62. The third-order valence-electron chi connectivity index (χ3n) is 5.78. The summed E-state index contributed by atoms with van der Waals surface area (Å²) in [6, 6.07) is 4.13. The van der Waals surface area contributed by atoms with E-state index < -0.39 is 24.2 Å². The van der Waals surface area contributed by atoms with Gasteiger partial charge in [-0.3, -0.25) is 9.78 Å². The molecule has 1 amide bonds. The van der Waals surface area contributed by atoms with Crippen LogP contribution in [0.3, 0.4) is 0 Å². The molecule has 1 saturated carbocycles. The molecule has 3 aromatic heterocycles. The zero-order valence-corrected chi connectivity index (χ0v) is 18.6. The molecule has 1 atom stereocenters. The minimum Gasteiger partial charge on any atom is -0.368 e. The van der Waals surface area contributed by atoms with Crippen LogP contribution in [0.15, 0.2) is 36.7 Å². The lowest BCUT2D eigenvalue weighted by Gasteiger charge is -2.41. The van der Waals surface area contributed by atoms with E-state index in [0.717, 1.165) is 35.5 Å². The summed E-state index contributed by atoms with van der Waals surface area (Å²) in [5.74, 6) is 0.152. The summed E-state index contributed by atoms with van der Waals surface area (Å²) < 4.78 is 52.4. The van der Waals surface area contributed by atoms with Crippen molar-refractivity contribution in [2.24, 2.45) is 5.73 Å². The highest BCUT2D eigenvalue weighted by Gasteiger charge is 2.42. The van der Waals surface area contributed by atoms with Gasteiger partial charge in [-0.05, 0) is 37.1 Å². The van der Waals surface area contributed by atoms with Gasteiger partial charge in [0.25, 0.3) is 0 Å². The first-order valence-electron chi connectivity index (χ1n) is 10.4. The van der Waals surface area contributed by atoms with E-state index in [-0.39, 0.29) is 17.2 Å². The molecule has 0 aliphatic heterocycles. The van der Waals surface area contributed by atoms with E-state index in [2.05, 4.69) is 25.5 Å². The Labute approximate surface area is 196 Å². The van der Waals surface area contributed by atoms with Gasteiger partial charge in [-0.15, -0.1) is 10.2 Å². The molecule has 1 fully saturated rings. The van der Waals surface area contributed by atoms with Crippen LogP contribution >= 0.6 is 11.3 Å². The second kappa shape index (κ2) is 9.58. The zero-order valence-electron chi connectivity index (χ0n) is 17.8. The number of hydrogen-bond acceptors (Lipinski definition) is 8. The number of carbonyl (C=O) groups is 1. The van der Waals surface area contributed by atoms with Crippen LogP contribution in [0.1, 0.15) is 25.0 Å². The first kappa shape index (κ1) is 24.0. The Morgan fingerprint density at radius 3 is 2.62 bits per heavy atom. The van der Waals surface area contributed by atoms with Gasteiger partial charge in [-0.1, -0.05) is 17.8 Å². The van der Waals surface area contributed by atoms with E-state index in [4.69, 9.17) is 5.73 Å². The standard InChI is InChI=1S/C21H21F4N7OS/c22-13-3-1-8-27-18(13)20(6-2-7-20)11-29-16-5-4-14(30-31-16)19-28-9-17(34-19)32(12-33)10-15(26)21(23,24)25/h1,3-5,8-9,12,15H,2,6-7,10-11,26H2,(H,29,31). The maximum atomic E-state index is 14.3. The van der Waals surface area contributed by atoms with E-state index in [1.54, 1.807) is 24.4 Å². The van der Waals surface area contributed by atoms with Crippen molar-refractivity contribution < 1.29 is 22.4 Å². The van der Waals surface area contributed by atoms with Crippen molar-refractivity contribution in [1.29, 1.82) is 0 Å². The van der Waals surface area contributed by atoms with Crippen molar-refractivity contribution in [3.63, 3.8) is 0 Å². The fourth-order valence-electron chi connectivity index (χ4n) is 3.69. The smallest absolute Gasteiger partial charge is 0.368 e. The molecular weight excluding hydrogens is 474 g/mol. The highest BCUT2D eigenvalue weighted by Crippen LogP contribution is 2.43. The molecule has 1 unspecified atom stereocenters. The number of pyridine rings is 1. The zero-order chi connectivity index (χ0) is 24.3. The number of nitrogens with two attached hydrogens (primary N) is 1. The molecule has 180 valence electrons. The SMILES string of the molecule is NC(CN(C=O)c1cnc(-c2ccc(NCC3(c4ncccc4F)CCC3)nn2)s1)C(F)(F)F. The number of halogens is 4. The maximum Gasteiger partial charge on any atom is 0.405 e. The van der Waals surface area contributed by atoms with Crippen LogP contribution in [0.4, 0.5) is 28.4 Å². The Bertz CT molecular complexity index is 1130. The minimum absolute atomic E-state index is 0.206. The molecule has 3 aromatic rings. The Kier molecular flexibility index (Phi) is 6.75. The van der Waals surface area contributed by atoms with Gasteiger partial charge in [0.05, 0.1) is 18.4 Å². The number of alkyl halides is 3. The van der Waals surface area contributed by atoms with E-state index >= 15 is 0 Å². The number of rotatable bonds is 9. The van der Waals surface area contributed by atoms with Gasteiger partial charge < -0.3 is 16.0 Å². The van der Waals surface area contributed by atoms with Gasteiger partial charge in [0.2, 0.25) is 6.41 Å². The molecule has 3 heterocycles. The fourth-order valence-corrected chi connectivity index (χ4v) is 4.55. The van der Waals surface area contributed by atoms with Crippen molar-refractivity contribution in [3.8, 4) is 10.7 Å². The van der Waals surface area contributed by atoms with E-state index in [0.29, 0.717) is 28.8 Å². The lowest BCUT2D eigenvalue weighted by Crippen LogP contribution is -2.46. The van der Waals surface area contributed by atoms with Gasteiger partial charge in [0, 0.05) is 18.2 Å². The third kappa shape index (κ3) is 4.99. The van der Waals surface area contributed by atoms with Crippen LogP contribution in [-0.2, 0) is 10.2 Å². The lowest BCUT2D eigenvalue weighted by atomic mass is 9.66. The lowest BCUT2D eigenvalue weighted by molar-refractivity contribution is -0.145. The first-order valence-corrected chi connectivity index (χ1v) is 11.2. The van der Waals surface area contributed by atoms with Crippen LogP contribution in [0.2, 0.25) is 0 Å². The van der Waals surface area contributed by atoms with Crippen molar-refractivity contribution in [2.45, 2.75) is 36.9 Å². The second-order valence-corrected chi connectivity index (χ2v) is 9.04. The average molecular weight is 496 g/mol. The summed E-state index contributed by atoms with van der Waals surface area (Å²) >= 11 is 0.994. The second-order valence-electron chi connectivity index (χ2n) is 8.03. The number of hydrogen-bond donors (Lipinski definition) is 2. The predicted molar refractivity (Wildman–Crippen MR) is 119 cm³/mol. The van der Waals surface area contributed by atoms with Gasteiger partial charge in [0.15, 0.2) is 0 Å². The topological polar surface area (TPSA) is 110 Å². The van der Waals surface area contributed by atoms with Crippen molar-refractivity contribution in [3.05, 3.63) is 48.2 Å². The summed E-state index contributed by atoms with van der Waals surface area (Å²) in [5.41, 5.74) is 5.56. The highest BCUT2D eigenvalue weighted by atomic mass is 32.1. The van der Waals surface area contributed by atoms with Crippen molar-refractivity contribution in [1.82, 2.24) is 20.2 Å². The average Bonchev–Trinajstić information content (AvgIpc) is 3.27. The summed E-state index contributed by atoms with van der Waals surface area (Å²) in [5, 5.41) is 12.0. The Hall–Kier alpha value is -3.19. The molecule has 0 spiro atoms. The molecule has 1 aliphatic carbocycles. The normalized spacial score (nSPS) is 15.9. The van der Waals surface area contributed by atoms with Gasteiger partial charge in [-0.2, -0.15) is 13.2 Å². The highest BCUT2D eigenvalue weighted by molar-refractivity contribution is 7.19. The van der Waals surface area contributed by atoms with Gasteiger partial charge >= 0.3 is 6.18 Å². The van der Waals surface area contributed by atoms with Gasteiger partial charge in [-0.25, -0.2) is 9.37 Å². The van der Waals surface area contributed by atoms with Gasteiger partial charge in [0.1, 0.15) is 33.4 Å². The van der Waals surface area contributed by atoms with Crippen LogP contribution in [0.5, 0.6) is 0 Å². The number of nitrogens with zero attached hydrogens (tertiary/aromatic N) is 5. The van der Waals surface area contributed by atoms with E-state index in [1.165, 1.54) is 12.3 Å². The number of carbonyl (C=O) groups excluding carboxylic acids is 1. The molecule has 13 heteroatoms. The molecule has 0 saturated heterocycles. The first-order chi connectivity index (χ1) is 16.2. The number of amides is 1. The van der Waals surface area contributed by atoms with E-state index in [1.807, 2.05) is 0 Å². The quantitative estimate of drug-likeness (QED) is 0.345. The number of thiazole rings is 1. The molecule has 8 nitrogen and oxygen atoms in total. The monoisotopic (exact) mass is 495 g/mol. The number of anilines is 2. The van der Waals surface area contributed by atoms with Crippen molar-refractivity contribution >= 4 is 28.6 Å². The molecule has 0 radical (unpaired) electrons. The number of nitrogens with one attached hydrogen (secondary N) is 1. The van der Waals surface area contributed by atoms with Crippen LogP contribution < -0.4 is 16.0 Å². The molecule has 0 bridgehead atoms. The Morgan fingerprint density at radius 1 is 1.24 bits per heavy atom. The largest absolute Gasteiger partial charge is 0.405 e. The summed E-state index contributed by atoms with van der Waals surface area (Å²) in [7, 11) is 0. The molecule has 1 aliphatic rings. The third-order valence-corrected chi connectivity index (χ3v) is 6.84. The maximum absolute atomic E-state index is 14.3. The van der Waals surface area contributed by atoms with E-state index in [9.17, 15) is 22.4 Å². The summed E-state index contributed by atoms with van der Waals surface area (Å²) in [4.78, 5) is 20.5. The predicted octanol–water partition coefficient (Wildman–Crippen LogP) is 3.52. The Morgan fingerprint density at radius 2 is 2.03 bits per heavy atom. The fraction of sp³-hybridized carbons (Fsp3) is 0.381. The van der Waals surface area contributed by atoms with Crippen LogP contribution in [0, 0.1) is 5.82 Å². The molecular formula is C21H21F4N7OS. The molecule has 34 heavy (non-hydrogen) atoms. The number of aromatic nitrogens is 4. The molecule has 0 aromatic carbocycles. The summed E-state index contributed by atoms with van der Waals surface area (Å²) in [6.45, 7) is -0.272. The van der Waals surface area contributed by atoms with Crippen molar-refractivity contribution in [2.75, 3.05) is 23.3 Å². The summed E-state index contributed by atoms with van der Waals surface area (Å²) in [6.07, 6.45) is 1.14. The Balaban J connectivity index is 1.42. The van der Waals surface area contributed by atoms with Crippen LogP contribution in [-0.4, -0.2) is 51.9 Å². The van der Waals surface area contributed by atoms with Crippen LogP contribution in [0.25, 0.3) is 10.7 Å². The molecule has 4 rings (SSSR count).